The number of sulfonamides is 1. The molecule has 32 heavy (non-hydrogen) atoms. The Morgan fingerprint density at radius 2 is 1.59 bits per heavy atom. The Morgan fingerprint density at radius 3 is 2.25 bits per heavy atom. The predicted molar refractivity (Wildman–Crippen MR) is 126 cm³/mol. The molecule has 0 aliphatic carbocycles. The molecule has 1 aliphatic heterocycles. The van der Waals surface area contributed by atoms with Crippen molar-refractivity contribution in [2.24, 2.45) is 0 Å². The summed E-state index contributed by atoms with van der Waals surface area (Å²) in [6.45, 7) is 1.18. The van der Waals surface area contributed by atoms with Gasteiger partial charge in [-0.2, -0.15) is 4.31 Å². The van der Waals surface area contributed by atoms with Crippen LogP contribution in [0.25, 0.3) is 11.1 Å². The molecule has 166 valence electrons. The number of carbonyl (C=O) groups is 1. The minimum absolute atomic E-state index is 0.130. The number of anilines is 1. The first-order valence-corrected chi connectivity index (χ1v) is 12.4. The number of nitrogens with zero attached hydrogens (tertiary/aromatic N) is 2. The van der Waals surface area contributed by atoms with Gasteiger partial charge < -0.3 is 5.32 Å². The van der Waals surface area contributed by atoms with Crippen molar-refractivity contribution in [3.05, 3.63) is 78.5 Å². The fourth-order valence-electron chi connectivity index (χ4n) is 3.81. The molecule has 0 saturated carbocycles. The number of aromatic nitrogens is 1. The topological polar surface area (TPSA) is 79.4 Å². The second-order valence-corrected chi connectivity index (χ2v) is 9.89. The molecule has 1 N–H and O–H groups in total. The Labute approximate surface area is 189 Å². The van der Waals surface area contributed by atoms with E-state index >= 15 is 0 Å². The lowest BCUT2D eigenvalue weighted by atomic mass is 10.1. The number of pyridine rings is 1. The monoisotopic (exact) mass is 449 g/mol. The molecule has 1 amide bonds. The molecule has 0 atom stereocenters. The van der Waals surface area contributed by atoms with Gasteiger partial charge in [0.25, 0.3) is 0 Å². The van der Waals surface area contributed by atoms with Crippen molar-refractivity contribution in [1.82, 2.24) is 9.29 Å². The molecule has 0 unspecified atom stereocenters. The van der Waals surface area contributed by atoms with Gasteiger partial charge in [0, 0.05) is 31.3 Å². The van der Waals surface area contributed by atoms with Gasteiger partial charge in [0.2, 0.25) is 15.9 Å². The lowest BCUT2D eigenvalue weighted by molar-refractivity contribution is -0.116. The van der Waals surface area contributed by atoms with E-state index in [2.05, 4.69) is 10.3 Å². The third kappa shape index (κ3) is 5.41. The Morgan fingerprint density at radius 1 is 0.875 bits per heavy atom. The summed E-state index contributed by atoms with van der Waals surface area (Å²) in [5, 5.41) is 2.82. The van der Waals surface area contributed by atoms with Crippen LogP contribution < -0.4 is 5.32 Å². The Kier molecular flexibility index (Phi) is 6.97. The second-order valence-electron chi connectivity index (χ2n) is 7.96. The zero-order valence-electron chi connectivity index (χ0n) is 17.9. The molecule has 1 aliphatic rings. The summed E-state index contributed by atoms with van der Waals surface area (Å²) >= 11 is 0. The van der Waals surface area contributed by atoms with Crippen LogP contribution in [-0.2, 0) is 21.2 Å². The van der Waals surface area contributed by atoms with E-state index in [1.165, 1.54) is 0 Å². The number of hydrogen-bond acceptors (Lipinski definition) is 4. The maximum atomic E-state index is 12.7. The zero-order valence-corrected chi connectivity index (χ0v) is 18.7. The maximum Gasteiger partial charge on any atom is 0.243 e. The van der Waals surface area contributed by atoms with E-state index < -0.39 is 10.0 Å². The molecule has 0 bridgehead atoms. The van der Waals surface area contributed by atoms with E-state index in [-0.39, 0.29) is 5.91 Å². The van der Waals surface area contributed by atoms with E-state index in [0.29, 0.717) is 36.6 Å². The first-order chi connectivity index (χ1) is 15.5. The SMILES string of the molecule is O=C(CCc1ccc(S(=O)(=O)N2CCCCC2)cc1)Nc1ccc(-c2ccccc2)cn1. The van der Waals surface area contributed by atoms with E-state index in [9.17, 15) is 13.2 Å². The highest BCUT2D eigenvalue weighted by Gasteiger charge is 2.25. The Balaban J connectivity index is 1.30. The van der Waals surface area contributed by atoms with Gasteiger partial charge in [-0.3, -0.25) is 4.79 Å². The molecule has 0 spiro atoms. The molecule has 2 heterocycles. The van der Waals surface area contributed by atoms with Crippen molar-refractivity contribution in [2.75, 3.05) is 18.4 Å². The smallest absolute Gasteiger partial charge is 0.243 e. The normalized spacial score (nSPS) is 14.8. The van der Waals surface area contributed by atoms with Crippen LogP contribution in [0, 0.1) is 0 Å². The van der Waals surface area contributed by atoms with Gasteiger partial charge in [-0.05, 0) is 54.7 Å². The quantitative estimate of drug-likeness (QED) is 0.576. The lowest BCUT2D eigenvalue weighted by Crippen LogP contribution is -2.35. The summed E-state index contributed by atoms with van der Waals surface area (Å²) < 4.78 is 27.0. The molecule has 4 rings (SSSR count). The van der Waals surface area contributed by atoms with Crippen molar-refractivity contribution >= 4 is 21.7 Å². The van der Waals surface area contributed by atoms with Crippen LogP contribution in [0.4, 0.5) is 5.82 Å². The summed E-state index contributed by atoms with van der Waals surface area (Å²) in [5.41, 5.74) is 2.98. The number of piperidine rings is 1. The molecule has 1 aromatic heterocycles. The van der Waals surface area contributed by atoms with Crippen LogP contribution in [0.3, 0.4) is 0 Å². The molecule has 7 heteroatoms. The number of nitrogens with one attached hydrogen (secondary N) is 1. The molecule has 0 radical (unpaired) electrons. The third-order valence-corrected chi connectivity index (χ3v) is 7.57. The summed E-state index contributed by atoms with van der Waals surface area (Å²) in [7, 11) is -3.43. The van der Waals surface area contributed by atoms with E-state index in [1.54, 1.807) is 40.8 Å². The van der Waals surface area contributed by atoms with E-state index in [1.807, 2.05) is 36.4 Å². The van der Waals surface area contributed by atoms with E-state index in [0.717, 1.165) is 36.0 Å². The predicted octanol–water partition coefficient (Wildman–Crippen LogP) is 4.49. The number of hydrogen-bond donors (Lipinski definition) is 1. The highest BCUT2D eigenvalue weighted by Crippen LogP contribution is 2.22. The molecule has 3 aromatic rings. The molecule has 1 saturated heterocycles. The minimum Gasteiger partial charge on any atom is -0.311 e. The zero-order chi connectivity index (χ0) is 22.4. The average molecular weight is 450 g/mol. The van der Waals surface area contributed by atoms with Gasteiger partial charge >= 0.3 is 0 Å². The number of benzene rings is 2. The minimum atomic E-state index is -3.43. The number of amides is 1. The summed E-state index contributed by atoms with van der Waals surface area (Å²) in [4.78, 5) is 17.0. The number of aryl methyl sites for hydroxylation is 1. The molecule has 6 nitrogen and oxygen atoms in total. The third-order valence-electron chi connectivity index (χ3n) is 5.65. The van der Waals surface area contributed by atoms with Gasteiger partial charge in [0.15, 0.2) is 0 Å². The standard InChI is InChI=1S/C25H27N3O3S/c29-25(27-24-15-12-22(19-26-24)21-7-3-1-4-8-21)16-11-20-9-13-23(14-10-20)32(30,31)28-17-5-2-6-18-28/h1,3-4,7-10,12-15,19H,2,5-6,11,16-18H2,(H,26,27,29). The Hall–Kier alpha value is -3.03. The van der Waals surface area contributed by atoms with Crippen molar-refractivity contribution in [3.8, 4) is 11.1 Å². The van der Waals surface area contributed by atoms with Gasteiger partial charge in [0.1, 0.15) is 5.82 Å². The van der Waals surface area contributed by atoms with Crippen LogP contribution in [0.5, 0.6) is 0 Å². The van der Waals surface area contributed by atoms with Crippen molar-refractivity contribution in [2.45, 2.75) is 37.0 Å². The Bertz CT molecular complexity index is 1140. The highest BCUT2D eigenvalue weighted by atomic mass is 32.2. The molecule has 1 fully saturated rings. The first kappa shape index (κ1) is 22.2. The summed E-state index contributed by atoms with van der Waals surface area (Å²) in [6, 6.07) is 20.5. The molecular weight excluding hydrogens is 422 g/mol. The average Bonchev–Trinajstić information content (AvgIpc) is 2.84. The van der Waals surface area contributed by atoms with Gasteiger partial charge in [0.05, 0.1) is 4.90 Å². The van der Waals surface area contributed by atoms with Crippen molar-refractivity contribution < 1.29 is 13.2 Å². The van der Waals surface area contributed by atoms with Gasteiger partial charge in [-0.15, -0.1) is 0 Å². The summed E-state index contributed by atoms with van der Waals surface area (Å²) in [5.74, 6) is 0.382. The molecular formula is C25H27N3O3S. The van der Waals surface area contributed by atoms with Gasteiger partial charge in [-0.1, -0.05) is 48.9 Å². The molecule has 2 aromatic carbocycles. The van der Waals surface area contributed by atoms with Crippen LogP contribution in [0.2, 0.25) is 0 Å². The largest absolute Gasteiger partial charge is 0.311 e. The van der Waals surface area contributed by atoms with Crippen LogP contribution in [0.15, 0.2) is 77.8 Å². The lowest BCUT2D eigenvalue weighted by Gasteiger charge is -2.25. The number of carbonyl (C=O) groups excluding carboxylic acids is 1. The van der Waals surface area contributed by atoms with Crippen molar-refractivity contribution in [3.63, 3.8) is 0 Å². The summed E-state index contributed by atoms with van der Waals surface area (Å²) in [6.07, 6.45) is 5.47. The fourth-order valence-corrected chi connectivity index (χ4v) is 5.33. The van der Waals surface area contributed by atoms with Crippen molar-refractivity contribution in [1.29, 1.82) is 0 Å². The van der Waals surface area contributed by atoms with Crippen LogP contribution >= 0.6 is 0 Å². The highest BCUT2D eigenvalue weighted by molar-refractivity contribution is 7.89. The van der Waals surface area contributed by atoms with Crippen LogP contribution in [0.1, 0.15) is 31.2 Å². The first-order valence-electron chi connectivity index (χ1n) is 10.9. The van der Waals surface area contributed by atoms with Gasteiger partial charge in [-0.25, -0.2) is 13.4 Å². The second kappa shape index (κ2) is 10.1. The fraction of sp³-hybridized carbons (Fsp3) is 0.280. The van der Waals surface area contributed by atoms with E-state index in [4.69, 9.17) is 0 Å². The number of rotatable bonds is 7. The maximum absolute atomic E-state index is 12.7. The van der Waals surface area contributed by atoms with Crippen LogP contribution in [-0.4, -0.2) is 36.7 Å².